The van der Waals surface area contributed by atoms with Crippen LogP contribution in [0.25, 0.3) is 0 Å². The number of hydrogen-bond acceptors (Lipinski definition) is 3. The molecule has 3 heteroatoms. The SMILES string of the molecule is CC(C1=N[C@H](c2ccccc2)[C@H](c2ccccc2)N1)c1cccnc1. The minimum atomic E-state index is 0.0812. The molecule has 3 nitrogen and oxygen atoms in total. The largest absolute Gasteiger partial charge is 0.364 e. The third kappa shape index (κ3) is 3.18. The second kappa shape index (κ2) is 6.89. The van der Waals surface area contributed by atoms with Gasteiger partial charge in [-0.3, -0.25) is 9.98 Å². The summed E-state index contributed by atoms with van der Waals surface area (Å²) >= 11 is 0. The summed E-state index contributed by atoms with van der Waals surface area (Å²) in [5, 5.41) is 3.68. The smallest absolute Gasteiger partial charge is 0.105 e. The van der Waals surface area contributed by atoms with Crippen LogP contribution in [-0.2, 0) is 0 Å². The Bertz CT molecular complexity index is 844. The van der Waals surface area contributed by atoms with Gasteiger partial charge in [0.15, 0.2) is 0 Å². The topological polar surface area (TPSA) is 37.3 Å². The van der Waals surface area contributed by atoms with Gasteiger partial charge in [-0.15, -0.1) is 0 Å². The number of hydrogen-bond donors (Lipinski definition) is 1. The summed E-state index contributed by atoms with van der Waals surface area (Å²) < 4.78 is 0. The lowest BCUT2D eigenvalue weighted by Crippen LogP contribution is -2.27. The molecule has 0 saturated heterocycles. The minimum Gasteiger partial charge on any atom is -0.364 e. The van der Waals surface area contributed by atoms with Crippen LogP contribution in [0, 0.1) is 0 Å². The lowest BCUT2D eigenvalue weighted by Gasteiger charge is -2.20. The fourth-order valence-corrected chi connectivity index (χ4v) is 3.37. The molecule has 0 radical (unpaired) electrons. The van der Waals surface area contributed by atoms with E-state index in [1.165, 1.54) is 16.7 Å². The number of nitrogens with one attached hydrogen (secondary N) is 1. The van der Waals surface area contributed by atoms with Crippen molar-refractivity contribution >= 4 is 5.84 Å². The maximum atomic E-state index is 5.07. The number of aromatic nitrogens is 1. The molecule has 3 aromatic rings. The molecule has 1 aliphatic rings. The molecule has 1 unspecified atom stereocenters. The number of pyridine rings is 1. The summed E-state index contributed by atoms with van der Waals surface area (Å²) in [6.45, 7) is 2.18. The van der Waals surface area contributed by atoms with Crippen molar-refractivity contribution in [2.75, 3.05) is 0 Å². The lowest BCUT2D eigenvalue weighted by molar-refractivity contribution is 0.571. The molecule has 0 spiro atoms. The second-order valence-corrected chi connectivity index (χ2v) is 6.41. The quantitative estimate of drug-likeness (QED) is 0.756. The standard InChI is InChI=1S/C22H21N3/c1-16(19-13-8-14-23-15-19)22-24-20(17-9-4-2-5-10-17)21(25-22)18-11-6-3-7-12-18/h2-16,20-21H,1H3,(H,24,25)/t16?,20-,21+. The van der Waals surface area contributed by atoms with Gasteiger partial charge in [-0.1, -0.05) is 73.7 Å². The summed E-state index contributed by atoms with van der Waals surface area (Å²) in [5.41, 5.74) is 3.67. The Hall–Kier alpha value is -2.94. The van der Waals surface area contributed by atoms with E-state index in [1.807, 2.05) is 18.3 Å². The van der Waals surface area contributed by atoms with Gasteiger partial charge in [-0.05, 0) is 22.8 Å². The molecule has 1 N–H and O–H groups in total. The fraction of sp³-hybridized carbons (Fsp3) is 0.182. The van der Waals surface area contributed by atoms with Crippen molar-refractivity contribution in [1.82, 2.24) is 10.3 Å². The van der Waals surface area contributed by atoms with Crippen molar-refractivity contribution in [2.24, 2.45) is 4.99 Å². The Morgan fingerprint density at radius 3 is 2.16 bits per heavy atom. The number of amidine groups is 1. The van der Waals surface area contributed by atoms with Crippen molar-refractivity contribution in [3.63, 3.8) is 0 Å². The number of rotatable bonds is 4. The van der Waals surface area contributed by atoms with Crippen LogP contribution in [0.1, 0.15) is 41.6 Å². The third-order valence-electron chi connectivity index (χ3n) is 4.79. The monoisotopic (exact) mass is 327 g/mol. The van der Waals surface area contributed by atoms with Gasteiger partial charge in [-0.25, -0.2) is 0 Å². The first-order valence-electron chi connectivity index (χ1n) is 8.67. The highest BCUT2D eigenvalue weighted by Gasteiger charge is 2.33. The Morgan fingerprint density at radius 1 is 0.840 bits per heavy atom. The van der Waals surface area contributed by atoms with Gasteiger partial charge in [0, 0.05) is 18.3 Å². The molecule has 0 bridgehead atoms. The van der Waals surface area contributed by atoms with Crippen LogP contribution in [-0.4, -0.2) is 10.8 Å². The van der Waals surface area contributed by atoms with E-state index in [2.05, 4.69) is 77.9 Å². The van der Waals surface area contributed by atoms with Gasteiger partial charge in [-0.2, -0.15) is 0 Å². The molecule has 1 aliphatic heterocycles. The van der Waals surface area contributed by atoms with Crippen LogP contribution in [0.3, 0.4) is 0 Å². The first kappa shape index (κ1) is 15.6. The van der Waals surface area contributed by atoms with Gasteiger partial charge in [0.25, 0.3) is 0 Å². The Balaban J connectivity index is 1.70. The van der Waals surface area contributed by atoms with Crippen molar-refractivity contribution in [1.29, 1.82) is 0 Å². The van der Waals surface area contributed by atoms with Crippen LogP contribution in [0.2, 0.25) is 0 Å². The van der Waals surface area contributed by atoms with E-state index in [-0.39, 0.29) is 18.0 Å². The predicted molar refractivity (Wildman–Crippen MR) is 102 cm³/mol. The molecule has 0 saturated carbocycles. The van der Waals surface area contributed by atoms with Crippen molar-refractivity contribution < 1.29 is 0 Å². The van der Waals surface area contributed by atoms with Gasteiger partial charge in [0.1, 0.15) is 11.9 Å². The molecule has 0 amide bonds. The normalized spacial score (nSPS) is 20.6. The van der Waals surface area contributed by atoms with Crippen LogP contribution in [0.4, 0.5) is 0 Å². The fourth-order valence-electron chi connectivity index (χ4n) is 3.37. The summed E-state index contributed by atoms with van der Waals surface area (Å²) in [6, 6.07) is 25.4. The van der Waals surface area contributed by atoms with Gasteiger partial charge >= 0.3 is 0 Å². The highest BCUT2D eigenvalue weighted by atomic mass is 15.1. The number of benzene rings is 2. The minimum absolute atomic E-state index is 0.0812. The van der Waals surface area contributed by atoms with Gasteiger partial charge < -0.3 is 5.32 Å². The third-order valence-corrected chi connectivity index (χ3v) is 4.79. The maximum absolute atomic E-state index is 5.07. The van der Waals surface area contributed by atoms with Gasteiger partial charge in [0.05, 0.1) is 6.04 Å². The molecule has 4 rings (SSSR count). The first-order valence-corrected chi connectivity index (χ1v) is 8.67. The van der Waals surface area contributed by atoms with Crippen molar-refractivity contribution in [2.45, 2.75) is 24.9 Å². The lowest BCUT2D eigenvalue weighted by atomic mass is 9.95. The van der Waals surface area contributed by atoms with Crippen LogP contribution < -0.4 is 5.32 Å². The Labute approximate surface area is 148 Å². The Kier molecular flexibility index (Phi) is 4.30. The predicted octanol–water partition coefficient (Wildman–Crippen LogP) is 4.67. The zero-order chi connectivity index (χ0) is 17.1. The van der Waals surface area contributed by atoms with E-state index >= 15 is 0 Å². The molecule has 2 heterocycles. The first-order chi connectivity index (χ1) is 12.3. The molecule has 3 atom stereocenters. The maximum Gasteiger partial charge on any atom is 0.105 e. The molecule has 0 fully saturated rings. The molecule has 2 aromatic carbocycles. The number of aliphatic imine (C=N–C) groups is 1. The van der Waals surface area contributed by atoms with Crippen LogP contribution >= 0.6 is 0 Å². The van der Waals surface area contributed by atoms with Crippen LogP contribution in [0.15, 0.2) is 90.2 Å². The van der Waals surface area contributed by atoms with Gasteiger partial charge in [0.2, 0.25) is 0 Å². The molecule has 124 valence electrons. The number of nitrogens with zero attached hydrogens (tertiary/aromatic N) is 2. The second-order valence-electron chi connectivity index (χ2n) is 6.41. The van der Waals surface area contributed by atoms with E-state index in [9.17, 15) is 0 Å². The summed E-state index contributed by atoms with van der Waals surface area (Å²) in [5.74, 6) is 1.21. The highest BCUT2D eigenvalue weighted by Crippen LogP contribution is 2.38. The molecule has 25 heavy (non-hydrogen) atoms. The average Bonchev–Trinajstić information content (AvgIpc) is 3.15. The molecular weight excluding hydrogens is 306 g/mol. The van der Waals surface area contributed by atoms with E-state index < -0.39 is 0 Å². The van der Waals surface area contributed by atoms with Crippen molar-refractivity contribution in [3.8, 4) is 0 Å². The van der Waals surface area contributed by atoms with E-state index in [0.717, 1.165) is 5.84 Å². The molecular formula is C22H21N3. The summed E-state index contributed by atoms with van der Waals surface area (Å²) in [7, 11) is 0. The zero-order valence-electron chi connectivity index (χ0n) is 14.2. The Morgan fingerprint density at radius 2 is 1.52 bits per heavy atom. The average molecular weight is 327 g/mol. The van der Waals surface area contributed by atoms with Crippen LogP contribution in [0.5, 0.6) is 0 Å². The van der Waals surface area contributed by atoms with Crippen molar-refractivity contribution in [3.05, 3.63) is 102 Å². The summed E-state index contributed by atoms with van der Waals surface area (Å²) in [4.78, 5) is 9.32. The summed E-state index contributed by atoms with van der Waals surface area (Å²) in [6.07, 6.45) is 3.72. The van der Waals surface area contributed by atoms with E-state index in [0.29, 0.717) is 0 Å². The van der Waals surface area contributed by atoms with E-state index in [1.54, 1.807) is 6.20 Å². The zero-order valence-corrected chi connectivity index (χ0v) is 14.2. The highest BCUT2D eigenvalue weighted by molar-refractivity contribution is 5.90. The van der Waals surface area contributed by atoms with E-state index in [4.69, 9.17) is 4.99 Å². The molecule has 0 aliphatic carbocycles. The molecule has 1 aromatic heterocycles.